The molecule has 1 amide bonds. The monoisotopic (exact) mass is 323 g/mol. The van der Waals surface area contributed by atoms with Crippen molar-refractivity contribution in [1.29, 1.82) is 0 Å². The normalized spacial score (nSPS) is 12.6. The lowest BCUT2D eigenvalue weighted by Crippen LogP contribution is -2.27. The lowest BCUT2D eigenvalue weighted by molar-refractivity contribution is -0.116. The maximum absolute atomic E-state index is 11.8. The number of hydrogen-bond donors (Lipinski definition) is 1. The summed E-state index contributed by atoms with van der Waals surface area (Å²) in [5.74, 6) is 0.0807. The van der Waals surface area contributed by atoms with Gasteiger partial charge in [0.15, 0.2) is 0 Å². The zero-order valence-corrected chi connectivity index (χ0v) is 12.0. The van der Waals surface area contributed by atoms with E-state index in [9.17, 15) is 4.79 Å². The van der Waals surface area contributed by atoms with Gasteiger partial charge in [0.05, 0.1) is 20.6 Å². The summed E-state index contributed by atoms with van der Waals surface area (Å²) in [4.78, 5) is 11.5. The Balaban J connectivity index is 2.81. The predicted molar refractivity (Wildman–Crippen MR) is 72.6 cm³/mol. The summed E-state index contributed by atoms with van der Waals surface area (Å²) >= 11 is 15.1. The Kier molecular flexibility index (Phi) is 5.09. The number of amides is 1. The standard InChI is InChI=1S/C11H12BrCl2NO/c1-6(2)9(12)11(16)15-8-5-3-4-7(13)10(8)14/h3-6,9H,1-2H3,(H,15,16). The number of carbonyl (C=O) groups is 1. The molecule has 0 aliphatic carbocycles. The number of halogens is 3. The molecule has 1 aromatic rings. The highest BCUT2D eigenvalue weighted by atomic mass is 79.9. The number of benzene rings is 1. The minimum atomic E-state index is -0.248. The summed E-state index contributed by atoms with van der Waals surface area (Å²) in [7, 11) is 0. The molecular formula is C11H12BrCl2NO. The van der Waals surface area contributed by atoms with Crippen molar-refractivity contribution in [2.75, 3.05) is 5.32 Å². The summed E-state index contributed by atoms with van der Waals surface area (Å²) in [5, 5.41) is 3.52. The first kappa shape index (κ1) is 13.8. The van der Waals surface area contributed by atoms with E-state index in [0.29, 0.717) is 15.7 Å². The topological polar surface area (TPSA) is 29.1 Å². The molecule has 1 atom stereocenters. The van der Waals surface area contributed by atoms with Gasteiger partial charge in [0.25, 0.3) is 0 Å². The van der Waals surface area contributed by atoms with Gasteiger partial charge in [-0.3, -0.25) is 4.79 Å². The molecule has 0 saturated carbocycles. The van der Waals surface area contributed by atoms with Crippen LogP contribution in [0.4, 0.5) is 5.69 Å². The van der Waals surface area contributed by atoms with Crippen LogP contribution < -0.4 is 5.32 Å². The van der Waals surface area contributed by atoms with Crippen LogP contribution in [-0.4, -0.2) is 10.7 Å². The molecule has 0 heterocycles. The first-order valence-corrected chi connectivity index (χ1v) is 6.49. The van der Waals surface area contributed by atoms with Gasteiger partial charge in [-0.05, 0) is 18.1 Å². The lowest BCUT2D eigenvalue weighted by atomic mass is 10.1. The van der Waals surface area contributed by atoms with Gasteiger partial charge in [0, 0.05) is 0 Å². The van der Waals surface area contributed by atoms with Crippen LogP contribution >= 0.6 is 39.1 Å². The van der Waals surface area contributed by atoms with Crippen LogP contribution in [0, 0.1) is 5.92 Å². The Labute approximate surface area is 113 Å². The number of nitrogens with one attached hydrogen (secondary N) is 1. The zero-order valence-electron chi connectivity index (χ0n) is 8.93. The molecule has 0 fully saturated rings. The smallest absolute Gasteiger partial charge is 0.238 e. The number of carbonyl (C=O) groups excluding carboxylic acids is 1. The highest BCUT2D eigenvalue weighted by molar-refractivity contribution is 9.10. The molecule has 0 aliphatic rings. The van der Waals surface area contributed by atoms with Gasteiger partial charge < -0.3 is 5.32 Å². The van der Waals surface area contributed by atoms with Gasteiger partial charge in [0.2, 0.25) is 5.91 Å². The largest absolute Gasteiger partial charge is 0.324 e. The van der Waals surface area contributed by atoms with E-state index < -0.39 is 0 Å². The Hall–Kier alpha value is -0.250. The van der Waals surface area contributed by atoms with Gasteiger partial charge in [-0.25, -0.2) is 0 Å². The molecule has 0 spiro atoms. The van der Waals surface area contributed by atoms with Gasteiger partial charge in [-0.2, -0.15) is 0 Å². The number of rotatable bonds is 3. The second-order valence-corrected chi connectivity index (χ2v) is 5.51. The van der Waals surface area contributed by atoms with E-state index >= 15 is 0 Å². The van der Waals surface area contributed by atoms with Crippen LogP contribution in [-0.2, 0) is 4.79 Å². The molecule has 0 aliphatic heterocycles. The third-order valence-electron chi connectivity index (χ3n) is 2.05. The fraction of sp³-hybridized carbons (Fsp3) is 0.364. The summed E-state index contributed by atoms with van der Waals surface area (Å²) < 4.78 is 0. The summed E-state index contributed by atoms with van der Waals surface area (Å²) in [6, 6.07) is 5.13. The molecule has 1 rings (SSSR count). The Bertz CT molecular complexity index is 396. The highest BCUT2D eigenvalue weighted by Gasteiger charge is 2.19. The fourth-order valence-electron chi connectivity index (χ4n) is 1.10. The van der Waals surface area contributed by atoms with Crippen LogP contribution in [0.2, 0.25) is 10.0 Å². The fourth-order valence-corrected chi connectivity index (χ4v) is 1.57. The second-order valence-electron chi connectivity index (χ2n) is 3.74. The Morgan fingerprint density at radius 2 is 2.00 bits per heavy atom. The van der Waals surface area contributed by atoms with Crippen molar-refractivity contribution in [3.05, 3.63) is 28.2 Å². The molecule has 2 nitrogen and oxygen atoms in total. The predicted octanol–water partition coefficient (Wildman–Crippen LogP) is 4.35. The summed E-state index contributed by atoms with van der Waals surface area (Å²) in [5.41, 5.74) is 0.532. The lowest BCUT2D eigenvalue weighted by Gasteiger charge is -2.14. The maximum atomic E-state index is 11.8. The van der Waals surface area contributed by atoms with Crippen molar-refractivity contribution in [2.45, 2.75) is 18.7 Å². The molecular weight excluding hydrogens is 313 g/mol. The molecule has 5 heteroatoms. The van der Waals surface area contributed by atoms with E-state index in [2.05, 4.69) is 21.2 Å². The number of hydrogen-bond acceptors (Lipinski definition) is 1. The van der Waals surface area contributed by atoms with Crippen molar-refractivity contribution >= 4 is 50.7 Å². The van der Waals surface area contributed by atoms with Crippen LogP contribution in [0.25, 0.3) is 0 Å². The van der Waals surface area contributed by atoms with Crippen molar-refractivity contribution in [3.8, 4) is 0 Å². The average molecular weight is 325 g/mol. The number of anilines is 1. The molecule has 0 radical (unpaired) electrons. The summed E-state index contributed by atoms with van der Waals surface area (Å²) in [6.07, 6.45) is 0. The zero-order chi connectivity index (χ0) is 12.3. The van der Waals surface area contributed by atoms with E-state index in [1.54, 1.807) is 18.2 Å². The molecule has 0 bridgehead atoms. The minimum absolute atomic E-state index is 0.126. The molecule has 1 N–H and O–H groups in total. The third-order valence-corrected chi connectivity index (χ3v) is 4.34. The summed E-state index contributed by atoms with van der Waals surface area (Å²) in [6.45, 7) is 3.91. The highest BCUT2D eigenvalue weighted by Crippen LogP contribution is 2.30. The van der Waals surface area contributed by atoms with Gasteiger partial charge in [0.1, 0.15) is 0 Å². The Morgan fingerprint density at radius 1 is 1.38 bits per heavy atom. The second kappa shape index (κ2) is 5.89. The van der Waals surface area contributed by atoms with Crippen molar-refractivity contribution in [2.24, 2.45) is 5.92 Å². The van der Waals surface area contributed by atoms with E-state index in [-0.39, 0.29) is 16.7 Å². The van der Waals surface area contributed by atoms with E-state index in [1.807, 2.05) is 13.8 Å². The molecule has 0 saturated heterocycles. The maximum Gasteiger partial charge on any atom is 0.238 e. The van der Waals surface area contributed by atoms with Gasteiger partial charge in [-0.15, -0.1) is 0 Å². The van der Waals surface area contributed by atoms with Crippen LogP contribution in [0.3, 0.4) is 0 Å². The molecule has 1 unspecified atom stereocenters. The van der Waals surface area contributed by atoms with Crippen LogP contribution in [0.5, 0.6) is 0 Å². The Morgan fingerprint density at radius 3 is 2.56 bits per heavy atom. The van der Waals surface area contributed by atoms with E-state index in [1.165, 1.54) is 0 Å². The third kappa shape index (κ3) is 3.37. The van der Waals surface area contributed by atoms with Crippen molar-refractivity contribution < 1.29 is 4.79 Å². The van der Waals surface area contributed by atoms with Crippen LogP contribution in [0.15, 0.2) is 18.2 Å². The van der Waals surface area contributed by atoms with Gasteiger partial charge in [-0.1, -0.05) is 59.0 Å². The quantitative estimate of drug-likeness (QED) is 0.823. The SMILES string of the molecule is CC(C)C(Br)C(=O)Nc1cccc(Cl)c1Cl. The first-order chi connectivity index (χ1) is 7.43. The molecule has 16 heavy (non-hydrogen) atoms. The molecule has 88 valence electrons. The van der Waals surface area contributed by atoms with E-state index in [4.69, 9.17) is 23.2 Å². The average Bonchev–Trinajstić information content (AvgIpc) is 2.23. The van der Waals surface area contributed by atoms with Gasteiger partial charge >= 0.3 is 0 Å². The first-order valence-electron chi connectivity index (χ1n) is 4.82. The van der Waals surface area contributed by atoms with Crippen molar-refractivity contribution in [1.82, 2.24) is 0 Å². The molecule has 1 aromatic carbocycles. The van der Waals surface area contributed by atoms with Crippen molar-refractivity contribution in [3.63, 3.8) is 0 Å². The number of alkyl halides is 1. The molecule has 0 aromatic heterocycles. The van der Waals surface area contributed by atoms with E-state index in [0.717, 1.165) is 0 Å². The van der Waals surface area contributed by atoms with Crippen LogP contribution in [0.1, 0.15) is 13.8 Å². The minimum Gasteiger partial charge on any atom is -0.324 e.